The summed E-state index contributed by atoms with van der Waals surface area (Å²) >= 11 is 19.3. The number of nitrogens with one attached hydrogen (secondary N) is 1. The van der Waals surface area contributed by atoms with E-state index in [1.165, 1.54) is 22.4 Å². The molecule has 1 N–H and O–H groups in total. The Morgan fingerprint density at radius 2 is 1.61 bits per heavy atom. The summed E-state index contributed by atoms with van der Waals surface area (Å²) in [7, 11) is -2.24. The van der Waals surface area contributed by atoms with E-state index in [-0.39, 0.29) is 49.2 Å². The first kappa shape index (κ1) is 35.5. The van der Waals surface area contributed by atoms with Crippen molar-refractivity contribution < 1.29 is 22.7 Å². The second-order valence-electron chi connectivity index (χ2n) is 10.3. The first-order chi connectivity index (χ1) is 21.0. The van der Waals surface area contributed by atoms with E-state index in [1.807, 2.05) is 37.3 Å². The number of hydrogen-bond acceptors (Lipinski definition) is 5. The lowest BCUT2D eigenvalue weighted by Gasteiger charge is -2.32. The van der Waals surface area contributed by atoms with Crippen molar-refractivity contribution in [1.82, 2.24) is 10.2 Å². The molecule has 3 aromatic rings. The third-order valence-electron chi connectivity index (χ3n) is 7.07. The monoisotopic (exact) mass is 681 g/mol. The van der Waals surface area contributed by atoms with E-state index < -0.39 is 16.1 Å². The van der Waals surface area contributed by atoms with Gasteiger partial charge in [0, 0.05) is 48.1 Å². The minimum absolute atomic E-state index is 0.0000828. The van der Waals surface area contributed by atoms with Gasteiger partial charge in [0.2, 0.25) is 21.8 Å². The van der Waals surface area contributed by atoms with Crippen molar-refractivity contribution in [3.05, 3.63) is 92.9 Å². The van der Waals surface area contributed by atoms with E-state index >= 15 is 0 Å². The quantitative estimate of drug-likeness (QED) is 0.169. The summed E-state index contributed by atoms with van der Waals surface area (Å²) < 4.78 is 31.8. The molecule has 0 aliphatic carbocycles. The van der Waals surface area contributed by atoms with Crippen LogP contribution in [0.2, 0.25) is 15.1 Å². The third-order valence-corrected chi connectivity index (χ3v) is 9.26. The number of amides is 2. The van der Waals surface area contributed by atoms with Gasteiger partial charge >= 0.3 is 0 Å². The number of benzene rings is 3. The SMILES string of the molecule is CCCCNC(=O)[C@@H](Cc1ccccc1)N(Cc1c(Cl)cccc1Cl)C(=O)CCCN(c1ccc(OC)c(Cl)c1)S(C)(=O)=O. The molecular formula is C32H38Cl3N3O5S. The van der Waals surface area contributed by atoms with Crippen LogP contribution < -0.4 is 14.4 Å². The number of hydrogen-bond donors (Lipinski definition) is 1. The van der Waals surface area contributed by atoms with Crippen LogP contribution in [-0.4, -0.2) is 57.6 Å². The van der Waals surface area contributed by atoms with Crippen LogP contribution in [0.3, 0.4) is 0 Å². The number of carbonyl (C=O) groups is 2. The van der Waals surface area contributed by atoms with Crippen LogP contribution in [0.25, 0.3) is 0 Å². The highest BCUT2D eigenvalue weighted by atomic mass is 35.5. The molecule has 3 rings (SSSR count). The number of carbonyl (C=O) groups excluding carboxylic acids is 2. The Morgan fingerprint density at radius 3 is 2.20 bits per heavy atom. The highest BCUT2D eigenvalue weighted by molar-refractivity contribution is 7.92. The molecule has 1 atom stereocenters. The van der Waals surface area contributed by atoms with Crippen molar-refractivity contribution in [1.29, 1.82) is 0 Å². The van der Waals surface area contributed by atoms with E-state index in [9.17, 15) is 18.0 Å². The van der Waals surface area contributed by atoms with Crippen LogP contribution >= 0.6 is 34.8 Å². The topological polar surface area (TPSA) is 96.0 Å². The molecule has 0 fully saturated rings. The molecule has 0 unspecified atom stereocenters. The predicted octanol–water partition coefficient (Wildman–Crippen LogP) is 6.76. The van der Waals surface area contributed by atoms with Crippen LogP contribution in [0.1, 0.15) is 43.7 Å². The van der Waals surface area contributed by atoms with Gasteiger partial charge in [-0.1, -0.05) is 84.5 Å². The van der Waals surface area contributed by atoms with Gasteiger partial charge in [0.15, 0.2) is 0 Å². The smallest absolute Gasteiger partial charge is 0.243 e. The third kappa shape index (κ3) is 10.0. The Balaban J connectivity index is 1.92. The van der Waals surface area contributed by atoms with Gasteiger partial charge in [0.05, 0.1) is 24.1 Å². The molecule has 0 aliphatic heterocycles. The molecular weight excluding hydrogens is 645 g/mol. The standard InChI is InChI=1S/C32H38Cl3N3O5S/c1-4-5-18-36-32(40)29(20-23-11-7-6-8-12-23)37(22-25-26(33)13-9-14-27(25)34)31(39)15-10-19-38(44(3,41)42)24-16-17-30(43-2)28(35)21-24/h6-9,11-14,16-17,21,29H,4-5,10,15,18-20,22H2,1-3H3,(H,36,40)/t29-/m1/s1. The summed E-state index contributed by atoms with van der Waals surface area (Å²) in [4.78, 5) is 29.1. The molecule has 2 amide bonds. The number of nitrogens with zero attached hydrogens (tertiary/aromatic N) is 2. The van der Waals surface area contributed by atoms with Crippen molar-refractivity contribution >= 4 is 62.3 Å². The van der Waals surface area contributed by atoms with Gasteiger partial charge in [-0.3, -0.25) is 13.9 Å². The lowest BCUT2D eigenvalue weighted by Crippen LogP contribution is -2.50. The maximum atomic E-state index is 14.0. The molecule has 0 radical (unpaired) electrons. The summed E-state index contributed by atoms with van der Waals surface area (Å²) in [5, 5.41) is 3.98. The van der Waals surface area contributed by atoms with Gasteiger partial charge in [-0.15, -0.1) is 0 Å². The van der Waals surface area contributed by atoms with Crippen molar-refractivity contribution in [3.63, 3.8) is 0 Å². The average molecular weight is 683 g/mol. The lowest BCUT2D eigenvalue weighted by molar-refractivity contribution is -0.141. The van der Waals surface area contributed by atoms with E-state index in [0.29, 0.717) is 33.6 Å². The van der Waals surface area contributed by atoms with E-state index in [0.717, 1.165) is 24.7 Å². The summed E-state index contributed by atoms with van der Waals surface area (Å²) in [5.74, 6) is -0.215. The fraction of sp³-hybridized carbons (Fsp3) is 0.375. The number of methoxy groups -OCH3 is 1. The molecule has 0 aliphatic rings. The zero-order valence-electron chi connectivity index (χ0n) is 25.1. The van der Waals surface area contributed by atoms with Gasteiger partial charge in [-0.25, -0.2) is 8.42 Å². The van der Waals surface area contributed by atoms with Crippen molar-refractivity contribution in [2.45, 2.75) is 51.6 Å². The van der Waals surface area contributed by atoms with E-state index in [1.54, 1.807) is 30.3 Å². The van der Waals surface area contributed by atoms with Crippen molar-refractivity contribution in [3.8, 4) is 5.75 Å². The van der Waals surface area contributed by atoms with Gasteiger partial charge in [0.1, 0.15) is 11.8 Å². The Morgan fingerprint density at radius 1 is 0.932 bits per heavy atom. The van der Waals surface area contributed by atoms with Crippen LogP contribution in [-0.2, 0) is 32.6 Å². The number of unbranched alkanes of at least 4 members (excludes halogenated alkanes) is 1. The number of halogens is 3. The zero-order chi connectivity index (χ0) is 32.3. The van der Waals surface area contributed by atoms with Crippen LogP contribution in [0, 0.1) is 0 Å². The van der Waals surface area contributed by atoms with Gasteiger partial charge < -0.3 is 15.0 Å². The Hall–Kier alpha value is -2.98. The zero-order valence-corrected chi connectivity index (χ0v) is 28.1. The Kier molecular flexibility index (Phi) is 13.6. The van der Waals surface area contributed by atoms with Crippen LogP contribution in [0.15, 0.2) is 66.7 Å². The molecule has 12 heteroatoms. The number of rotatable bonds is 16. The second-order valence-corrected chi connectivity index (χ2v) is 13.5. The van der Waals surface area contributed by atoms with E-state index in [4.69, 9.17) is 39.5 Å². The minimum atomic E-state index is -3.71. The normalized spacial score (nSPS) is 12.0. The van der Waals surface area contributed by atoms with Crippen molar-refractivity contribution in [2.75, 3.05) is 30.8 Å². The van der Waals surface area contributed by atoms with Crippen LogP contribution in [0.5, 0.6) is 5.75 Å². The van der Waals surface area contributed by atoms with E-state index in [2.05, 4.69) is 5.32 Å². The molecule has 0 saturated heterocycles. The number of sulfonamides is 1. The lowest BCUT2D eigenvalue weighted by atomic mass is 10.0. The molecule has 0 heterocycles. The van der Waals surface area contributed by atoms with Gasteiger partial charge in [-0.05, 0) is 48.7 Å². The first-order valence-corrected chi connectivity index (χ1v) is 17.3. The average Bonchev–Trinajstić information content (AvgIpc) is 2.98. The molecule has 0 aromatic heterocycles. The Labute approximate surface area is 275 Å². The molecule has 0 saturated carbocycles. The summed E-state index contributed by atoms with van der Waals surface area (Å²) in [6, 6.07) is 18.4. The molecule has 8 nitrogen and oxygen atoms in total. The number of ether oxygens (including phenoxy) is 1. The summed E-state index contributed by atoms with van der Waals surface area (Å²) in [6.07, 6.45) is 3.20. The second kappa shape index (κ2) is 16.9. The fourth-order valence-corrected chi connectivity index (χ4v) is 6.45. The van der Waals surface area contributed by atoms with Crippen molar-refractivity contribution in [2.24, 2.45) is 0 Å². The highest BCUT2D eigenvalue weighted by Gasteiger charge is 2.31. The summed E-state index contributed by atoms with van der Waals surface area (Å²) in [6.45, 7) is 2.52. The first-order valence-electron chi connectivity index (χ1n) is 14.3. The maximum absolute atomic E-state index is 14.0. The molecule has 238 valence electrons. The van der Waals surface area contributed by atoms with Crippen LogP contribution in [0.4, 0.5) is 5.69 Å². The minimum Gasteiger partial charge on any atom is -0.495 e. The maximum Gasteiger partial charge on any atom is 0.243 e. The predicted molar refractivity (Wildman–Crippen MR) is 178 cm³/mol. The molecule has 0 spiro atoms. The molecule has 3 aromatic carbocycles. The largest absolute Gasteiger partial charge is 0.495 e. The summed E-state index contributed by atoms with van der Waals surface area (Å²) in [5.41, 5.74) is 1.75. The molecule has 0 bridgehead atoms. The van der Waals surface area contributed by atoms with Gasteiger partial charge in [-0.2, -0.15) is 0 Å². The molecule has 44 heavy (non-hydrogen) atoms. The van der Waals surface area contributed by atoms with Gasteiger partial charge in [0.25, 0.3) is 0 Å². The fourth-order valence-electron chi connectivity index (χ4n) is 4.73. The number of anilines is 1. The highest BCUT2D eigenvalue weighted by Crippen LogP contribution is 2.31. The Bertz CT molecular complexity index is 1500.